The maximum atomic E-state index is 11.6. The van der Waals surface area contributed by atoms with Gasteiger partial charge in [0.05, 0.1) is 17.4 Å². The van der Waals surface area contributed by atoms with Crippen LogP contribution in [-0.2, 0) is 21.1 Å². The summed E-state index contributed by atoms with van der Waals surface area (Å²) in [7, 11) is -2.99. The Labute approximate surface area is 118 Å². The Balaban J connectivity index is 2.49. The lowest BCUT2D eigenvalue weighted by molar-refractivity contribution is -0.136. The van der Waals surface area contributed by atoms with E-state index in [4.69, 9.17) is 5.11 Å². The van der Waals surface area contributed by atoms with E-state index < -0.39 is 15.8 Å². The van der Waals surface area contributed by atoms with Gasteiger partial charge in [-0.25, -0.2) is 8.42 Å². The van der Waals surface area contributed by atoms with Crippen LogP contribution in [-0.4, -0.2) is 36.2 Å². The van der Waals surface area contributed by atoms with Gasteiger partial charge in [0.15, 0.2) is 9.84 Å². The summed E-state index contributed by atoms with van der Waals surface area (Å²) in [6, 6.07) is 7.16. The van der Waals surface area contributed by atoms with Gasteiger partial charge in [-0.15, -0.1) is 11.8 Å². The van der Waals surface area contributed by atoms with Gasteiger partial charge >= 0.3 is 5.97 Å². The monoisotopic (exact) mass is 302 g/mol. The Bertz CT molecular complexity index is 518. The van der Waals surface area contributed by atoms with Gasteiger partial charge in [0.2, 0.25) is 0 Å². The molecule has 1 aromatic rings. The van der Waals surface area contributed by atoms with E-state index in [2.05, 4.69) is 0 Å². The second kappa shape index (κ2) is 6.96. The van der Waals surface area contributed by atoms with Crippen LogP contribution in [0.15, 0.2) is 29.2 Å². The number of sulfone groups is 1. The number of aliphatic carboxylic acids is 1. The van der Waals surface area contributed by atoms with Crippen molar-refractivity contribution in [1.82, 2.24) is 0 Å². The number of hydrogen-bond donors (Lipinski definition) is 1. The molecule has 0 heterocycles. The Morgan fingerprint density at radius 1 is 1.26 bits per heavy atom. The predicted molar refractivity (Wildman–Crippen MR) is 77.4 cm³/mol. The van der Waals surface area contributed by atoms with Crippen molar-refractivity contribution in [3.63, 3.8) is 0 Å². The molecule has 4 nitrogen and oxygen atoms in total. The van der Waals surface area contributed by atoms with E-state index in [1.165, 1.54) is 11.8 Å². The number of carboxylic acids is 1. The standard InChI is InChI=1S/C13H18O4S2/c1-10(2)19(16,17)8-7-18-12-5-3-11(4-6-12)9-13(14)15/h3-6,10H,7-9H2,1-2H3,(H,14,15). The van der Waals surface area contributed by atoms with Crippen molar-refractivity contribution in [2.75, 3.05) is 11.5 Å². The van der Waals surface area contributed by atoms with Crippen molar-refractivity contribution >= 4 is 27.6 Å². The first kappa shape index (κ1) is 16.0. The van der Waals surface area contributed by atoms with Crippen molar-refractivity contribution in [2.45, 2.75) is 30.4 Å². The van der Waals surface area contributed by atoms with Crippen LogP contribution < -0.4 is 0 Å². The molecular weight excluding hydrogens is 284 g/mol. The Morgan fingerprint density at radius 2 is 1.84 bits per heavy atom. The summed E-state index contributed by atoms with van der Waals surface area (Å²) in [5.74, 6) is -0.186. The van der Waals surface area contributed by atoms with Gasteiger partial charge in [0.1, 0.15) is 0 Å². The van der Waals surface area contributed by atoms with Crippen molar-refractivity contribution in [2.24, 2.45) is 0 Å². The fourth-order valence-corrected chi connectivity index (χ4v) is 3.69. The van der Waals surface area contributed by atoms with Crippen LogP contribution in [0.5, 0.6) is 0 Å². The first-order valence-electron chi connectivity index (χ1n) is 5.96. The average molecular weight is 302 g/mol. The number of carboxylic acid groups (broad SMARTS) is 1. The quantitative estimate of drug-likeness (QED) is 0.782. The van der Waals surface area contributed by atoms with Crippen LogP contribution in [0, 0.1) is 0 Å². The number of hydrogen-bond acceptors (Lipinski definition) is 4. The van der Waals surface area contributed by atoms with E-state index in [1.54, 1.807) is 26.0 Å². The Morgan fingerprint density at radius 3 is 2.32 bits per heavy atom. The van der Waals surface area contributed by atoms with Gasteiger partial charge in [0.25, 0.3) is 0 Å². The van der Waals surface area contributed by atoms with Gasteiger partial charge in [-0.05, 0) is 31.5 Å². The summed E-state index contributed by atoms with van der Waals surface area (Å²) in [5, 5.41) is 8.31. The third-order valence-electron chi connectivity index (χ3n) is 2.63. The van der Waals surface area contributed by atoms with Crippen LogP contribution in [0.4, 0.5) is 0 Å². The SMILES string of the molecule is CC(C)S(=O)(=O)CCSc1ccc(CC(=O)O)cc1. The molecule has 0 aliphatic heterocycles. The first-order valence-corrected chi connectivity index (χ1v) is 8.66. The molecule has 0 unspecified atom stereocenters. The van der Waals surface area contributed by atoms with Crippen LogP contribution in [0.25, 0.3) is 0 Å². The Hall–Kier alpha value is -1.01. The highest BCUT2D eigenvalue weighted by Gasteiger charge is 2.15. The molecule has 0 amide bonds. The van der Waals surface area contributed by atoms with Crippen molar-refractivity contribution in [3.8, 4) is 0 Å². The summed E-state index contributed by atoms with van der Waals surface area (Å²) in [6.45, 7) is 3.36. The highest BCUT2D eigenvalue weighted by Crippen LogP contribution is 2.19. The third kappa shape index (κ3) is 5.65. The van der Waals surface area contributed by atoms with Crippen LogP contribution in [0.3, 0.4) is 0 Å². The molecule has 106 valence electrons. The zero-order valence-corrected chi connectivity index (χ0v) is 12.6. The molecule has 0 saturated carbocycles. The minimum absolute atomic E-state index is 0.00662. The molecule has 0 saturated heterocycles. The molecule has 0 aromatic heterocycles. The summed E-state index contributed by atoms with van der Waals surface area (Å²) >= 11 is 1.47. The molecule has 1 rings (SSSR count). The third-order valence-corrected chi connectivity index (χ3v) is 6.12. The van der Waals surface area contributed by atoms with E-state index >= 15 is 0 Å². The summed E-state index contributed by atoms with van der Waals surface area (Å²) < 4.78 is 23.2. The number of benzene rings is 1. The number of carbonyl (C=O) groups is 1. The second-order valence-electron chi connectivity index (χ2n) is 4.48. The highest BCUT2D eigenvalue weighted by atomic mass is 32.2. The zero-order chi connectivity index (χ0) is 14.5. The molecule has 0 aliphatic carbocycles. The number of rotatable bonds is 7. The lowest BCUT2D eigenvalue weighted by Gasteiger charge is -2.07. The smallest absolute Gasteiger partial charge is 0.307 e. The molecule has 1 aromatic carbocycles. The van der Waals surface area contributed by atoms with E-state index in [0.29, 0.717) is 5.75 Å². The fourth-order valence-electron chi connectivity index (χ4n) is 1.39. The average Bonchev–Trinajstić information content (AvgIpc) is 2.30. The minimum Gasteiger partial charge on any atom is -0.481 e. The fraction of sp³-hybridized carbons (Fsp3) is 0.462. The molecule has 6 heteroatoms. The van der Waals surface area contributed by atoms with E-state index in [0.717, 1.165) is 10.5 Å². The normalized spacial score (nSPS) is 11.7. The Kier molecular flexibility index (Phi) is 5.87. The zero-order valence-electron chi connectivity index (χ0n) is 11.0. The maximum absolute atomic E-state index is 11.6. The molecule has 0 atom stereocenters. The predicted octanol–water partition coefficient (Wildman–Crippen LogP) is 2.23. The molecular formula is C13H18O4S2. The summed E-state index contributed by atoms with van der Waals surface area (Å²) in [6.07, 6.45) is 0.00662. The van der Waals surface area contributed by atoms with Crippen molar-refractivity contribution in [1.29, 1.82) is 0 Å². The van der Waals surface area contributed by atoms with Crippen LogP contribution in [0.1, 0.15) is 19.4 Å². The van der Waals surface area contributed by atoms with Gasteiger partial charge in [0, 0.05) is 10.6 Å². The summed E-state index contributed by atoms with van der Waals surface area (Å²) in [4.78, 5) is 11.5. The molecule has 0 bridgehead atoms. The highest BCUT2D eigenvalue weighted by molar-refractivity contribution is 8.00. The van der Waals surface area contributed by atoms with Crippen LogP contribution >= 0.6 is 11.8 Å². The van der Waals surface area contributed by atoms with Gasteiger partial charge in [-0.2, -0.15) is 0 Å². The molecule has 0 aliphatic rings. The van der Waals surface area contributed by atoms with Crippen molar-refractivity contribution < 1.29 is 18.3 Å². The number of thioether (sulfide) groups is 1. The van der Waals surface area contributed by atoms with E-state index in [1.807, 2.05) is 12.1 Å². The lowest BCUT2D eigenvalue weighted by Crippen LogP contribution is -2.18. The van der Waals surface area contributed by atoms with E-state index in [9.17, 15) is 13.2 Å². The minimum atomic E-state index is -2.99. The van der Waals surface area contributed by atoms with Crippen molar-refractivity contribution in [3.05, 3.63) is 29.8 Å². The summed E-state index contributed by atoms with van der Waals surface area (Å²) in [5.41, 5.74) is 0.742. The topological polar surface area (TPSA) is 71.4 Å². The molecule has 0 radical (unpaired) electrons. The largest absolute Gasteiger partial charge is 0.481 e. The molecule has 0 fully saturated rings. The molecule has 19 heavy (non-hydrogen) atoms. The van der Waals surface area contributed by atoms with Gasteiger partial charge in [-0.1, -0.05) is 12.1 Å². The second-order valence-corrected chi connectivity index (χ2v) is 8.32. The maximum Gasteiger partial charge on any atom is 0.307 e. The van der Waals surface area contributed by atoms with Gasteiger partial charge in [-0.3, -0.25) is 4.79 Å². The lowest BCUT2D eigenvalue weighted by atomic mass is 10.2. The molecule has 1 N–H and O–H groups in total. The molecule has 0 spiro atoms. The van der Waals surface area contributed by atoms with E-state index in [-0.39, 0.29) is 17.4 Å². The van der Waals surface area contributed by atoms with Gasteiger partial charge < -0.3 is 5.11 Å². The first-order chi connectivity index (χ1) is 8.81. The van der Waals surface area contributed by atoms with Crippen LogP contribution in [0.2, 0.25) is 0 Å².